The maximum atomic E-state index is 13.3. The van der Waals surface area contributed by atoms with Gasteiger partial charge in [0.05, 0.1) is 29.6 Å². The third-order valence-electron chi connectivity index (χ3n) is 4.42. The summed E-state index contributed by atoms with van der Waals surface area (Å²) in [7, 11) is 1.27. The molecule has 2 aromatic carbocycles. The zero-order chi connectivity index (χ0) is 22.5. The Morgan fingerprint density at radius 3 is 2.66 bits per heavy atom. The van der Waals surface area contributed by atoms with Crippen LogP contribution in [0.5, 0.6) is 0 Å². The molecule has 4 rings (SSSR count). The minimum Gasteiger partial charge on any atom is -0.465 e. The van der Waals surface area contributed by atoms with Gasteiger partial charge in [-0.25, -0.2) is 4.79 Å². The molecule has 1 amide bonds. The molecule has 0 bridgehead atoms. The minimum absolute atomic E-state index is 0.0725. The van der Waals surface area contributed by atoms with Crippen molar-refractivity contribution in [1.82, 2.24) is 20.2 Å². The quantitative estimate of drug-likeness (QED) is 0.349. The van der Waals surface area contributed by atoms with Gasteiger partial charge >= 0.3 is 5.97 Å². The van der Waals surface area contributed by atoms with E-state index in [-0.39, 0.29) is 22.0 Å². The molecular formula is C22H16ClN5O4. The van der Waals surface area contributed by atoms with Crippen LogP contribution in [0, 0.1) is 0 Å². The van der Waals surface area contributed by atoms with E-state index in [1.54, 1.807) is 12.1 Å². The fraction of sp³-hybridized carbons (Fsp3) is 0.0455. The molecule has 0 unspecified atom stereocenters. The van der Waals surface area contributed by atoms with E-state index < -0.39 is 11.9 Å². The van der Waals surface area contributed by atoms with Crippen LogP contribution in [0.25, 0.3) is 23.2 Å². The van der Waals surface area contributed by atoms with E-state index >= 15 is 0 Å². The lowest BCUT2D eigenvalue weighted by Crippen LogP contribution is -2.20. The number of furan rings is 1. The molecular weight excluding hydrogens is 434 g/mol. The fourth-order valence-electron chi connectivity index (χ4n) is 2.90. The summed E-state index contributed by atoms with van der Waals surface area (Å²) in [5.41, 5.74) is 1.24. The fourth-order valence-corrected chi connectivity index (χ4v) is 3.06. The predicted octanol–water partition coefficient (Wildman–Crippen LogP) is 4.01. The lowest BCUT2D eigenvalue weighted by molar-refractivity contribution is -0.111. The SMILES string of the molecule is COC(=O)c1ccc(Cl)c(NC(=O)/C(=C/c2ccco2)n2nnnc2-c2ccccc2)c1. The lowest BCUT2D eigenvalue weighted by atomic mass is 10.2. The number of tetrazole rings is 1. The van der Waals surface area contributed by atoms with Crippen molar-refractivity contribution in [3.8, 4) is 11.4 Å². The van der Waals surface area contributed by atoms with E-state index in [1.165, 1.54) is 42.3 Å². The molecule has 0 fully saturated rings. The number of methoxy groups -OCH3 is 1. The van der Waals surface area contributed by atoms with Crippen LogP contribution >= 0.6 is 11.6 Å². The second kappa shape index (κ2) is 9.27. The Kier molecular flexibility index (Phi) is 6.09. The maximum Gasteiger partial charge on any atom is 0.337 e. The third-order valence-corrected chi connectivity index (χ3v) is 4.75. The number of anilines is 1. The van der Waals surface area contributed by atoms with Crippen LogP contribution in [-0.4, -0.2) is 39.2 Å². The molecule has 0 aliphatic heterocycles. The highest BCUT2D eigenvalue weighted by atomic mass is 35.5. The first kappa shape index (κ1) is 21.0. The number of carbonyl (C=O) groups excluding carboxylic acids is 2. The van der Waals surface area contributed by atoms with Crippen LogP contribution in [0.15, 0.2) is 71.3 Å². The molecule has 9 nitrogen and oxygen atoms in total. The highest BCUT2D eigenvalue weighted by Crippen LogP contribution is 2.26. The molecule has 2 heterocycles. The van der Waals surface area contributed by atoms with Crippen molar-refractivity contribution in [3.05, 3.63) is 83.3 Å². The summed E-state index contributed by atoms with van der Waals surface area (Å²) < 4.78 is 11.4. The van der Waals surface area contributed by atoms with Crippen LogP contribution < -0.4 is 5.32 Å². The van der Waals surface area contributed by atoms with Crippen molar-refractivity contribution in [2.75, 3.05) is 12.4 Å². The van der Waals surface area contributed by atoms with Crippen LogP contribution in [0.1, 0.15) is 16.1 Å². The number of hydrogen-bond acceptors (Lipinski definition) is 7. The van der Waals surface area contributed by atoms with Gasteiger partial charge in [-0.3, -0.25) is 4.79 Å². The molecule has 4 aromatic rings. The minimum atomic E-state index is -0.574. The van der Waals surface area contributed by atoms with Gasteiger partial charge in [-0.2, -0.15) is 4.68 Å². The Morgan fingerprint density at radius 2 is 1.94 bits per heavy atom. The summed E-state index contributed by atoms with van der Waals surface area (Å²) in [6, 6.07) is 17.0. The van der Waals surface area contributed by atoms with Crippen molar-refractivity contribution >= 4 is 40.9 Å². The van der Waals surface area contributed by atoms with Gasteiger partial charge in [0.2, 0.25) is 0 Å². The normalized spacial score (nSPS) is 11.2. The molecule has 0 aliphatic carbocycles. The first-order valence-electron chi connectivity index (χ1n) is 9.35. The number of carbonyl (C=O) groups is 2. The highest BCUT2D eigenvalue weighted by Gasteiger charge is 2.21. The van der Waals surface area contributed by atoms with E-state index in [0.29, 0.717) is 17.1 Å². The van der Waals surface area contributed by atoms with Crippen molar-refractivity contribution in [1.29, 1.82) is 0 Å². The summed E-state index contributed by atoms with van der Waals surface area (Å²) in [5.74, 6) is -0.364. The largest absolute Gasteiger partial charge is 0.465 e. The van der Waals surface area contributed by atoms with Crippen LogP contribution in [0.3, 0.4) is 0 Å². The summed E-state index contributed by atoms with van der Waals surface area (Å²) >= 11 is 6.24. The number of aromatic nitrogens is 4. The second-order valence-corrected chi connectivity index (χ2v) is 6.87. The molecule has 1 N–H and O–H groups in total. The smallest absolute Gasteiger partial charge is 0.337 e. The summed E-state index contributed by atoms with van der Waals surface area (Å²) in [6.07, 6.45) is 2.98. The molecule has 160 valence electrons. The van der Waals surface area contributed by atoms with E-state index in [1.807, 2.05) is 30.3 Å². The van der Waals surface area contributed by atoms with Gasteiger partial charge < -0.3 is 14.5 Å². The number of rotatable bonds is 6. The molecule has 0 aliphatic rings. The second-order valence-electron chi connectivity index (χ2n) is 6.47. The van der Waals surface area contributed by atoms with E-state index in [2.05, 4.69) is 20.8 Å². The van der Waals surface area contributed by atoms with Crippen LogP contribution in [0.2, 0.25) is 5.02 Å². The topological polar surface area (TPSA) is 112 Å². The Bertz CT molecular complexity index is 1280. The number of hydrogen-bond donors (Lipinski definition) is 1. The van der Waals surface area contributed by atoms with Crippen molar-refractivity contribution in [2.24, 2.45) is 0 Å². The first-order chi connectivity index (χ1) is 15.6. The Hall–Kier alpha value is -4.24. The lowest BCUT2D eigenvalue weighted by Gasteiger charge is -2.12. The third kappa shape index (κ3) is 4.42. The molecule has 10 heteroatoms. The first-order valence-corrected chi connectivity index (χ1v) is 9.73. The van der Waals surface area contributed by atoms with Gasteiger partial charge in [-0.15, -0.1) is 5.10 Å². The summed E-state index contributed by atoms with van der Waals surface area (Å²) in [6.45, 7) is 0. The van der Waals surface area contributed by atoms with Gasteiger partial charge in [0.1, 0.15) is 11.5 Å². The highest BCUT2D eigenvalue weighted by molar-refractivity contribution is 6.35. The van der Waals surface area contributed by atoms with Crippen molar-refractivity contribution in [2.45, 2.75) is 0 Å². The van der Waals surface area contributed by atoms with Crippen molar-refractivity contribution < 1.29 is 18.7 Å². The zero-order valence-corrected chi connectivity index (χ0v) is 17.5. The van der Waals surface area contributed by atoms with E-state index in [4.69, 9.17) is 20.8 Å². The maximum absolute atomic E-state index is 13.3. The number of nitrogens with zero attached hydrogens (tertiary/aromatic N) is 4. The standard InChI is InChI=1S/C22H16ClN5O4/c1-31-22(30)15-9-10-17(23)18(12-15)24-21(29)19(13-16-8-5-11-32-16)28-20(25-26-27-28)14-6-3-2-4-7-14/h2-13H,1H3,(H,24,29)/b19-13-. The number of amides is 1. The van der Waals surface area contributed by atoms with Crippen LogP contribution in [-0.2, 0) is 9.53 Å². The number of benzene rings is 2. The number of ether oxygens (including phenoxy) is 1. The monoisotopic (exact) mass is 449 g/mol. The molecule has 0 radical (unpaired) electrons. The number of halogens is 1. The molecule has 32 heavy (non-hydrogen) atoms. The van der Waals surface area contributed by atoms with Gasteiger partial charge in [0.15, 0.2) is 5.82 Å². The van der Waals surface area contributed by atoms with Gasteiger partial charge in [-0.1, -0.05) is 41.9 Å². The van der Waals surface area contributed by atoms with Crippen LogP contribution in [0.4, 0.5) is 5.69 Å². The Balaban J connectivity index is 1.75. The average Bonchev–Trinajstić information content (AvgIpc) is 3.51. The molecule has 0 atom stereocenters. The van der Waals surface area contributed by atoms with E-state index in [9.17, 15) is 9.59 Å². The number of nitrogens with one attached hydrogen (secondary N) is 1. The molecule has 0 saturated heterocycles. The summed E-state index contributed by atoms with van der Waals surface area (Å²) in [5, 5.41) is 14.7. The Morgan fingerprint density at radius 1 is 1.12 bits per heavy atom. The number of esters is 1. The van der Waals surface area contributed by atoms with Crippen molar-refractivity contribution in [3.63, 3.8) is 0 Å². The molecule has 2 aromatic heterocycles. The Labute approximate surface area is 187 Å². The molecule has 0 saturated carbocycles. The average molecular weight is 450 g/mol. The van der Waals surface area contributed by atoms with Gasteiger partial charge in [0, 0.05) is 11.6 Å². The van der Waals surface area contributed by atoms with Gasteiger partial charge in [-0.05, 0) is 40.8 Å². The molecule has 0 spiro atoms. The zero-order valence-electron chi connectivity index (χ0n) is 16.7. The predicted molar refractivity (Wildman–Crippen MR) is 118 cm³/mol. The summed E-state index contributed by atoms with van der Waals surface area (Å²) in [4.78, 5) is 25.2. The van der Waals surface area contributed by atoms with E-state index in [0.717, 1.165) is 0 Å². The van der Waals surface area contributed by atoms with Gasteiger partial charge in [0.25, 0.3) is 5.91 Å².